The maximum Gasteiger partial charge on any atom is 0.0906 e. The lowest BCUT2D eigenvalue weighted by Gasteiger charge is -2.34. The highest BCUT2D eigenvalue weighted by Gasteiger charge is 2.39. The van der Waals surface area contributed by atoms with Crippen LogP contribution in [0, 0.1) is 16.7 Å². The summed E-state index contributed by atoms with van der Waals surface area (Å²) in [6.07, 6.45) is 0. The largest absolute Gasteiger partial charge is 0.309 e. The van der Waals surface area contributed by atoms with Crippen molar-refractivity contribution in [1.29, 1.82) is 0 Å². The minimum Gasteiger partial charge on any atom is -0.309 e. The Morgan fingerprint density at radius 2 is 1.03 bits per heavy atom. The van der Waals surface area contributed by atoms with Gasteiger partial charge in [-0.05, 0) is 157 Å². The van der Waals surface area contributed by atoms with Crippen LogP contribution in [0.2, 0.25) is 0 Å². The molecule has 2 aliphatic rings. The lowest BCUT2D eigenvalue weighted by atomic mass is 9.82. The number of rotatable bonds is 6. The van der Waals surface area contributed by atoms with Crippen LogP contribution in [0.1, 0.15) is 114 Å². The second kappa shape index (κ2) is 14.9. The number of aryl methyl sites for hydroxylation is 1. The minimum atomic E-state index is -0.127. The van der Waals surface area contributed by atoms with E-state index in [-0.39, 0.29) is 21.7 Å². The molecule has 0 radical (unpaired) electrons. The van der Waals surface area contributed by atoms with Gasteiger partial charge in [0.15, 0.2) is 0 Å². The Hall–Kier alpha value is -5.17. The Labute approximate surface area is 399 Å². The van der Waals surface area contributed by atoms with E-state index in [1.54, 1.807) is 0 Å². The fourth-order valence-electron chi connectivity index (χ4n) is 10.7. The third-order valence-electron chi connectivity index (χ3n) is 14.4. The molecular formula is C60H59IN2S. The molecule has 1 aromatic heterocycles. The molecule has 2 aliphatic carbocycles. The van der Waals surface area contributed by atoms with Crippen LogP contribution in [0.15, 0.2) is 140 Å². The summed E-state index contributed by atoms with van der Waals surface area (Å²) >= 11 is 4.53. The standard InChI is InChI=1S/C60H59IN2S/c1-36-33-39(58(6,7)8)29-32-49(36)63(52-26-17-23-47-54(52)42-20-14-16-22-46(42)59(47,9)10)51-25-18-24-50(37(51)2)62(40-30-27-38(28-31-40)57(3,4)5)55-44-34-43-41-19-13-15-21-45(41)60(11,12)48(43)35-53(44)64-56(55)61/h13-35H,1-12H3. The number of fused-ring (bicyclic) bond motifs is 7. The van der Waals surface area contributed by atoms with E-state index >= 15 is 0 Å². The minimum absolute atomic E-state index is 0.0301. The van der Waals surface area contributed by atoms with Crippen LogP contribution >= 0.6 is 33.9 Å². The summed E-state index contributed by atoms with van der Waals surface area (Å²) in [7, 11) is 0. The molecule has 0 saturated heterocycles. The van der Waals surface area contributed by atoms with E-state index in [0.29, 0.717) is 0 Å². The number of nitrogens with zero attached hydrogens (tertiary/aromatic N) is 2. The van der Waals surface area contributed by atoms with Crippen LogP contribution < -0.4 is 9.80 Å². The number of halogens is 1. The monoisotopic (exact) mass is 966 g/mol. The average molecular weight is 967 g/mol. The van der Waals surface area contributed by atoms with E-state index in [4.69, 9.17) is 0 Å². The van der Waals surface area contributed by atoms with Crippen LogP contribution in [-0.2, 0) is 21.7 Å². The molecule has 0 amide bonds. The number of anilines is 6. The van der Waals surface area contributed by atoms with Gasteiger partial charge in [0.1, 0.15) is 0 Å². The summed E-state index contributed by atoms with van der Waals surface area (Å²) in [5.41, 5.74) is 23.0. The highest BCUT2D eigenvalue weighted by atomic mass is 127. The zero-order valence-electron chi connectivity index (χ0n) is 39.5. The van der Waals surface area contributed by atoms with Gasteiger partial charge in [0.05, 0.1) is 25.6 Å². The summed E-state index contributed by atoms with van der Waals surface area (Å²) in [5.74, 6) is 0. The van der Waals surface area contributed by atoms with Gasteiger partial charge in [-0.3, -0.25) is 0 Å². The average Bonchev–Trinajstić information content (AvgIpc) is 3.79. The zero-order valence-corrected chi connectivity index (χ0v) is 42.4. The van der Waals surface area contributed by atoms with Gasteiger partial charge in [-0.25, -0.2) is 0 Å². The van der Waals surface area contributed by atoms with E-state index in [0.717, 1.165) is 5.69 Å². The number of benzene rings is 7. The molecule has 322 valence electrons. The van der Waals surface area contributed by atoms with Crippen molar-refractivity contribution in [2.75, 3.05) is 9.80 Å². The van der Waals surface area contributed by atoms with Crippen molar-refractivity contribution < 1.29 is 0 Å². The number of hydrogen-bond donors (Lipinski definition) is 0. The van der Waals surface area contributed by atoms with E-state index in [2.05, 4.69) is 255 Å². The van der Waals surface area contributed by atoms with Crippen molar-refractivity contribution >= 4 is 78.1 Å². The first kappa shape index (κ1) is 42.8. The van der Waals surface area contributed by atoms with Gasteiger partial charge in [-0.1, -0.05) is 160 Å². The molecule has 1 heterocycles. The van der Waals surface area contributed by atoms with Gasteiger partial charge in [-0.2, -0.15) is 0 Å². The molecule has 0 atom stereocenters. The molecule has 10 rings (SSSR count). The Morgan fingerprint density at radius 3 is 1.69 bits per heavy atom. The number of thiophene rings is 1. The molecular weight excluding hydrogens is 908 g/mol. The summed E-state index contributed by atoms with van der Waals surface area (Å²) in [6.45, 7) is 28.0. The molecule has 0 unspecified atom stereocenters. The van der Waals surface area contributed by atoms with Crippen LogP contribution in [0.5, 0.6) is 0 Å². The van der Waals surface area contributed by atoms with Crippen molar-refractivity contribution in [3.05, 3.63) is 187 Å². The molecule has 0 fully saturated rings. The highest BCUT2D eigenvalue weighted by molar-refractivity contribution is 14.1. The van der Waals surface area contributed by atoms with Crippen molar-refractivity contribution in [1.82, 2.24) is 0 Å². The normalized spacial score (nSPS) is 14.6. The van der Waals surface area contributed by atoms with Crippen LogP contribution in [-0.4, -0.2) is 0 Å². The van der Waals surface area contributed by atoms with Crippen LogP contribution in [0.25, 0.3) is 32.3 Å². The Balaban J connectivity index is 1.24. The molecule has 64 heavy (non-hydrogen) atoms. The second-order valence-corrected chi connectivity index (χ2v) is 24.2. The molecule has 0 saturated carbocycles. The predicted octanol–water partition coefficient (Wildman–Crippen LogP) is 18.3. The maximum absolute atomic E-state index is 2.62. The van der Waals surface area contributed by atoms with Crippen molar-refractivity contribution in [3.63, 3.8) is 0 Å². The van der Waals surface area contributed by atoms with E-state index in [9.17, 15) is 0 Å². The van der Waals surface area contributed by atoms with Crippen molar-refractivity contribution in [2.45, 2.75) is 105 Å². The summed E-state index contributed by atoms with van der Waals surface area (Å²) in [5, 5.41) is 1.29. The first-order valence-electron chi connectivity index (χ1n) is 22.8. The fraction of sp³-hybridized carbons (Fsp3) is 0.267. The fourth-order valence-corrected chi connectivity index (χ4v) is 12.9. The lowest BCUT2D eigenvalue weighted by molar-refractivity contribution is 0.589. The Kier molecular flexibility index (Phi) is 9.98. The highest BCUT2D eigenvalue weighted by Crippen LogP contribution is 2.57. The molecule has 7 aromatic carbocycles. The predicted molar refractivity (Wildman–Crippen MR) is 286 cm³/mol. The Bertz CT molecular complexity index is 3170. The van der Waals surface area contributed by atoms with Gasteiger partial charge >= 0.3 is 0 Å². The second-order valence-electron chi connectivity index (χ2n) is 21.3. The third-order valence-corrected chi connectivity index (χ3v) is 16.5. The molecule has 0 N–H and O–H groups in total. The maximum atomic E-state index is 2.62. The van der Waals surface area contributed by atoms with Crippen molar-refractivity contribution in [3.8, 4) is 22.3 Å². The van der Waals surface area contributed by atoms with E-state index in [1.165, 1.54) is 108 Å². The van der Waals surface area contributed by atoms with Gasteiger partial charge in [0, 0.05) is 37.9 Å². The van der Waals surface area contributed by atoms with Gasteiger partial charge in [0.2, 0.25) is 0 Å². The third kappa shape index (κ3) is 6.60. The van der Waals surface area contributed by atoms with Crippen molar-refractivity contribution in [2.24, 2.45) is 0 Å². The molecule has 4 heteroatoms. The molecule has 0 bridgehead atoms. The number of hydrogen-bond acceptors (Lipinski definition) is 3. The summed E-state index contributed by atoms with van der Waals surface area (Å²) in [4.78, 5) is 5.13. The first-order chi connectivity index (χ1) is 30.3. The summed E-state index contributed by atoms with van der Waals surface area (Å²) < 4.78 is 2.60. The zero-order chi connectivity index (χ0) is 45.2. The van der Waals surface area contributed by atoms with Gasteiger partial charge < -0.3 is 9.80 Å². The molecule has 0 spiro atoms. The first-order valence-corrected chi connectivity index (χ1v) is 24.7. The molecule has 8 aromatic rings. The topological polar surface area (TPSA) is 6.48 Å². The van der Waals surface area contributed by atoms with E-state index < -0.39 is 0 Å². The van der Waals surface area contributed by atoms with E-state index in [1.807, 2.05) is 11.3 Å². The smallest absolute Gasteiger partial charge is 0.0906 e. The van der Waals surface area contributed by atoms with Gasteiger partial charge in [0.25, 0.3) is 0 Å². The quantitative estimate of drug-likeness (QED) is 0.153. The Morgan fingerprint density at radius 1 is 0.484 bits per heavy atom. The summed E-state index contributed by atoms with van der Waals surface area (Å²) in [6, 6.07) is 53.4. The van der Waals surface area contributed by atoms with Gasteiger partial charge in [-0.15, -0.1) is 11.3 Å². The van der Waals surface area contributed by atoms with Crippen LogP contribution in [0.4, 0.5) is 34.1 Å². The molecule has 2 nitrogen and oxygen atoms in total. The van der Waals surface area contributed by atoms with Crippen LogP contribution in [0.3, 0.4) is 0 Å². The lowest BCUT2D eigenvalue weighted by Crippen LogP contribution is -2.19. The SMILES string of the molecule is Cc1cc(C(C)(C)C)ccc1N(c1cccc(N(c2ccc(C(C)(C)C)cc2)c2c(I)sc3cc4c(cc23)-c2ccccc2C4(C)C)c1C)c1cccc2c1-c1ccccc1C2(C)C. The molecule has 0 aliphatic heterocycles.